The Balaban J connectivity index is 2.51. The van der Waals surface area contributed by atoms with Crippen LogP contribution in [0.3, 0.4) is 0 Å². The molecule has 0 saturated heterocycles. The van der Waals surface area contributed by atoms with E-state index in [0.29, 0.717) is 4.79 Å². The van der Waals surface area contributed by atoms with E-state index in [4.69, 9.17) is 5.73 Å². The second kappa shape index (κ2) is 2.64. The number of hydrogen-bond donors (Lipinski definition) is 2. The van der Waals surface area contributed by atoms with Gasteiger partial charge in [0.05, 0.1) is 0 Å². The molecule has 1 heterocycles. The zero-order valence-electron chi connectivity index (χ0n) is 5.04. The van der Waals surface area contributed by atoms with Crippen LogP contribution < -0.4 is 11.3 Å². The molecule has 1 aromatic heterocycles. The molecule has 1 aromatic rings. The fourth-order valence-electron chi connectivity index (χ4n) is 0.331. The van der Waals surface area contributed by atoms with E-state index in [1.165, 1.54) is 0 Å². The molecule has 0 bridgehead atoms. The summed E-state index contributed by atoms with van der Waals surface area (Å²) in [4.78, 5) is 14.0. The number of nitrogens with one attached hydrogen (secondary N) is 1. The molecule has 10 heteroatoms. The molecule has 60 valence electrons. The van der Waals surface area contributed by atoms with Crippen molar-refractivity contribution >= 4 is 5.95 Å². The molecule has 0 amide bonds. The number of anilines is 1. The molecule has 0 fully saturated rings. The molecule has 0 atom stereocenters. The van der Waals surface area contributed by atoms with Crippen molar-refractivity contribution in [3.8, 4) is 0 Å². The quantitative estimate of drug-likeness (QED) is 0.381. The van der Waals surface area contributed by atoms with Crippen molar-refractivity contribution in [3.63, 3.8) is 0 Å². The van der Waals surface area contributed by atoms with Gasteiger partial charge in [-0.1, -0.05) is 9.89 Å². The Hall–Kier alpha value is -2.13. The van der Waals surface area contributed by atoms with Crippen molar-refractivity contribution in [2.75, 3.05) is 11.3 Å². The highest BCUT2D eigenvalue weighted by molar-refractivity contribution is 5.10. The molecule has 0 aliphatic carbocycles. The van der Waals surface area contributed by atoms with Gasteiger partial charge in [0.2, 0.25) is 0 Å². The molecule has 10 nitrogen and oxygen atoms in total. The summed E-state index contributed by atoms with van der Waals surface area (Å²) in [6.07, 6.45) is 0. The Kier molecular flexibility index (Phi) is 1.67. The number of aromatic nitrogens is 4. The zero-order chi connectivity index (χ0) is 8.27. The van der Waals surface area contributed by atoms with Gasteiger partial charge < -0.3 is 5.73 Å². The van der Waals surface area contributed by atoms with Gasteiger partial charge in [0.25, 0.3) is 5.95 Å². The first-order chi connectivity index (χ1) is 5.20. The largest absolute Gasteiger partial charge is 0.365 e. The van der Waals surface area contributed by atoms with Gasteiger partial charge in [0.1, 0.15) is 0 Å². The summed E-state index contributed by atoms with van der Waals surface area (Å²) < 4.78 is 0. The summed E-state index contributed by atoms with van der Waals surface area (Å²) in [6.45, 7) is 0. The SMILES string of the molecule is Nc1nnnn1NO[N+](=O)[O-]. The van der Waals surface area contributed by atoms with E-state index in [-0.39, 0.29) is 5.95 Å². The highest BCUT2D eigenvalue weighted by Crippen LogP contribution is 1.85. The lowest BCUT2D eigenvalue weighted by Gasteiger charge is -1.99. The fourth-order valence-corrected chi connectivity index (χ4v) is 0.331. The molecule has 0 aliphatic rings. The van der Waals surface area contributed by atoms with E-state index in [0.717, 1.165) is 0 Å². The number of hydrogen-bond acceptors (Lipinski definition) is 8. The Morgan fingerprint density at radius 2 is 2.55 bits per heavy atom. The third kappa shape index (κ3) is 1.64. The van der Waals surface area contributed by atoms with Crippen LogP contribution in [-0.4, -0.2) is 25.4 Å². The monoisotopic (exact) mass is 161 g/mol. The molecule has 0 saturated carbocycles. The highest BCUT2D eigenvalue weighted by atomic mass is 17.0. The first-order valence-electron chi connectivity index (χ1n) is 2.31. The van der Waals surface area contributed by atoms with E-state index < -0.39 is 5.09 Å². The Morgan fingerprint density at radius 3 is 3.00 bits per heavy atom. The fraction of sp³-hybridized carbons (Fsp3) is 0. The first-order valence-corrected chi connectivity index (χ1v) is 2.31. The van der Waals surface area contributed by atoms with Gasteiger partial charge in [-0.05, 0) is 10.4 Å². The van der Waals surface area contributed by atoms with Crippen molar-refractivity contribution in [2.24, 2.45) is 0 Å². The molecule has 3 N–H and O–H groups in total. The predicted octanol–water partition coefficient (Wildman–Crippen LogP) is -2.08. The normalized spacial score (nSPS) is 9.09. The molecule has 0 aliphatic heterocycles. The van der Waals surface area contributed by atoms with E-state index >= 15 is 0 Å². The van der Waals surface area contributed by atoms with Gasteiger partial charge in [0.15, 0.2) is 0 Å². The second-order valence-corrected chi connectivity index (χ2v) is 1.36. The van der Waals surface area contributed by atoms with Crippen LogP contribution in [0.15, 0.2) is 0 Å². The maximum absolute atomic E-state index is 9.60. The van der Waals surface area contributed by atoms with Crippen LogP contribution in [0.4, 0.5) is 5.95 Å². The van der Waals surface area contributed by atoms with Crippen LogP contribution in [0.25, 0.3) is 0 Å². The maximum atomic E-state index is 9.60. The van der Waals surface area contributed by atoms with Crippen molar-refractivity contribution < 1.29 is 10.0 Å². The van der Waals surface area contributed by atoms with Crippen LogP contribution in [0.5, 0.6) is 0 Å². The van der Waals surface area contributed by atoms with Crippen molar-refractivity contribution in [2.45, 2.75) is 0 Å². The minimum absolute atomic E-state index is 0.146. The lowest BCUT2D eigenvalue weighted by atomic mass is 11.1. The molecule has 11 heavy (non-hydrogen) atoms. The van der Waals surface area contributed by atoms with Gasteiger partial charge in [0, 0.05) is 0 Å². The topological polar surface area (TPSA) is 134 Å². The third-order valence-corrected chi connectivity index (χ3v) is 0.695. The van der Waals surface area contributed by atoms with Gasteiger partial charge in [-0.25, -0.2) is 0 Å². The number of nitrogen functional groups attached to an aromatic ring is 1. The van der Waals surface area contributed by atoms with E-state index in [1.54, 1.807) is 5.59 Å². The molecular weight excluding hydrogens is 158 g/mol. The molecule has 1 rings (SSSR count). The Labute approximate surface area is 58.9 Å². The summed E-state index contributed by atoms with van der Waals surface area (Å²) in [5.41, 5.74) is 6.84. The molecule has 0 aromatic carbocycles. The van der Waals surface area contributed by atoms with E-state index in [9.17, 15) is 10.1 Å². The van der Waals surface area contributed by atoms with Gasteiger partial charge >= 0.3 is 5.09 Å². The maximum Gasteiger partial charge on any atom is 0.318 e. The summed E-state index contributed by atoms with van der Waals surface area (Å²) in [6, 6.07) is 0. The molecule has 0 radical (unpaired) electrons. The van der Waals surface area contributed by atoms with Crippen LogP contribution in [0.1, 0.15) is 0 Å². The number of tetrazole rings is 1. The van der Waals surface area contributed by atoms with Crippen LogP contribution in [0.2, 0.25) is 0 Å². The van der Waals surface area contributed by atoms with E-state index in [1.807, 2.05) is 0 Å². The number of rotatable bonds is 3. The first kappa shape index (κ1) is 6.98. The predicted molar refractivity (Wildman–Crippen MR) is 29.7 cm³/mol. The minimum Gasteiger partial charge on any atom is -0.365 e. The van der Waals surface area contributed by atoms with Gasteiger partial charge in [-0.3, -0.25) is 0 Å². The summed E-state index contributed by atoms with van der Waals surface area (Å²) in [5.74, 6) is -0.146. The minimum atomic E-state index is -1.07. The van der Waals surface area contributed by atoms with Crippen molar-refractivity contribution in [1.29, 1.82) is 0 Å². The van der Waals surface area contributed by atoms with Crippen molar-refractivity contribution in [3.05, 3.63) is 10.1 Å². The third-order valence-electron chi connectivity index (χ3n) is 0.695. The summed E-state index contributed by atoms with van der Waals surface area (Å²) in [5, 5.41) is 18.0. The number of nitrogens with two attached hydrogens (primary N) is 1. The average molecular weight is 161 g/mol. The molecule has 0 unspecified atom stereocenters. The van der Waals surface area contributed by atoms with Crippen molar-refractivity contribution in [1.82, 2.24) is 20.3 Å². The summed E-state index contributed by atoms with van der Waals surface area (Å²) in [7, 11) is 0. The average Bonchev–Trinajstić information content (AvgIpc) is 2.31. The lowest BCUT2D eigenvalue weighted by Crippen LogP contribution is -2.21. The molecule has 0 spiro atoms. The van der Waals surface area contributed by atoms with Crippen LogP contribution in [0, 0.1) is 10.1 Å². The Bertz CT molecular complexity index is 254. The molecular formula is CH3N7O3. The van der Waals surface area contributed by atoms with Crippen LogP contribution >= 0.6 is 0 Å². The van der Waals surface area contributed by atoms with Gasteiger partial charge in [-0.2, -0.15) is 4.94 Å². The highest BCUT2D eigenvalue weighted by Gasteiger charge is 2.00. The van der Waals surface area contributed by atoms with Crippen LogP contribution in [-0.2, 0) is 4.94 Å². The van der Waals surface area contributed by atoms with E-state index in [2.05, 4.69) is 20.5 Å². The number of nitrogens with zero attached hydrogens (tertiary/aromatic N) is 5. The standard InChI is InChI=1S/CH3N7O3/c2-1-3-4-5-7(1)6-11-8(9)10/h6H,(H2,2,3,5). The Morgan fingerprint density at radius 1 is 1.82 bits per heavy atom. The second-order valence-electron chi connectivity index (χ2n) is 1.36. The zero-order valence-corrected chi connectivity index (χ0v) is 5.04. The lowest BCUT2D eigenvalue weighted by molar-refractivity contribution is -0.752. The van der Waals surface area contributed by atoms with Gasteiger partial charge in [-0.15, -0.1) is 15.7 Å². The summed E-state index contributed by atoms with van der Waals surface area (Å²) >= 11 is 0. The smallest absolute Gasteiger partial charge is 0.318 e.